The van der Waals surface area contributed by atoms with Crippen LogP contribution in [-0.2, 0) is 0 Å². The first-order chi connectivity index (χ1) is 10.2. The van der Waals surface area contributed by atoms with Crippen LogP contribution in [-0.4, -0.2) is 16.5 Å². The number of nitrogens with zero attached hydrogens (tertiary/aromatic N) is 2. The van der Waals surface area contributed by atoms with Crippen LogP contribution < -0.4 is 10.1 Å². The zero-order valence-electron chi connectivity index (χ0n) is 11.6. The van der Waals surface area contributed by atoms with Crippen molar-refractivity contribution in [2.45, 2.75) is 25.7 Å². The first kappa shape index (κ1) is 14.1. The zero-order valence-corrected chi connectivity index (χ0v) is 12.3. The Kier molecular flexibility index (Phi) is 3.92. The van der Waals surface area contributed by atoms with E-state index >= 15 is 0 Å². The molecule has 0 aliphatic heterocycles. The minimum atomic E-state index is -0.473. The molecule has 1 aliphatic rings. The molecule has 4 nitrogen and oxygen atoms in total. The van der Waals surface area contributed by atoms with Crippen molar-refractivity contribution in [3.63, 3.8) is 0 Å². The Hall–Kier alpha value is -1.88. The fraction of sp³-hybridized carbons (Fsp3) is 0.333. The molecule has 1 aliphatic carbocycles. The largest absolute Gasteiger partial charge is 0.439 e. The van der Waals surface area contributed by atoms with E-state index in [0.717, 1.165) is 31.0 Å². The molecule has 1 fully saturated rings. The fourth-order valence-corrected chi connectivity index (χ4v) is 2.12. The smallest absolute Gasteiger partial charge is 0.224 e. The molecule has 0 radical (unpaired) electrons. The highest BCUT2D eigenvalue weighted by Gasteiger charge is 2.27. The molecule has 0 unspecified atom stereocenters. The number of rotatable bonds is 5. The van der Waals surface area contributed by atoms with Crippen LogP contribution in [0.4, 0.5) is 10.2 Å². The summed E-state index contributed by atoms with van der Waals surface area (Å²) in [6.45, 7) is 2.77. The summed E-state index contributed by atoms with van der Waals surface area (Å²) in [6.07, 6.45) is 2.22. The number of aromatic nitrogens is 2. The number of anilines is 1. The van der Waals surface area contributed by atoms with E-state index in [0.29, 0.717) is 17.5 Å². The lowest BCUT2D eigenvalue weighted by Crippen LogP contribution is -2.04. The standard InChI is InChI=1S/C15H15ClFN3O/c1-2-18-13-8-14(20-15(19-13)9-3-4-9)21-10-5-6-12(17)11(16)7-10/h5-9H,2-4H2,1H3,(H,18,19,20). The van der Waals surface area contributed by atoms with Gasteiger partial charge in [-0.2, -0.15) is 4.98 Å². The van der Waals surface area contributed by atoms with E-state index in [4.69, 9.17) is 16.3 Å². The van der Waals surface area contributed by atoms with Gasteiger partial charge in [-0.05, 0) is 31.9 Å². The summed E-state index contributed by atoms with van der Waals surface area (Å²) < 4.78 is 18.8. The highest BCUT2D eigenvalue weighted by molar-refractivity contribution is 6.30. The molecule has 1 N–H and O–H groups in total. The maximum Gasteiger partial charge on any atom is 0.224 e. The van der Waals surface area contributed by atoms with Gasteiger partial charge in [0.25, 0.3) is 0 Å². The Balaban J connectivity index is 1.87. The normalized spacial score (nSPS) is 14.0. The van der Waals surface area contributed by atoms with Crippen molar-refractivity contribution < 1.29 is 9.13 Å². The van der Waals surface area contributed by atoms with Gasteiger partial charge >= 0.3 is 0 Å². The third-order valence-corrected chi connectivity index (χ3v) is 3.42. The molecule has 0 saturated heterocycles. The number of halogens is 2. The first-order valence-corrected chi connectivity index (χ1v) is 7.29. The topological polar surface area (TPSA) is 47.0 Å². The number of ether oxygens (including phenoxy) is 1. The molecule has 3 rings (SSSR count). The van der Waals surface area contributed by atoms with Crippen LogP contribution in [0, 0.1) is 5.82 Å². The summed E-state index contributed by atoms with van der Waals surface area (Å²) in [6, 6.07) is 5.95. The summed E-state index contributed by atoms with van der Waals surface area (Å²) in [5, 5.41) is 3.18. The number of hydrogen-bond acceptors (Lipinski definition) is 4. The Morgan fingerprint density at radius 3 is 2.81 bits per heavy atom. The highest BCUT2D eigenvalue weighted by Crippen LogP contribution is 2.39. The van der Waals surface area contributed by atoms with Crippen LogP contribution in [0.1, 0.15) is 31.5 Å². The molecule has 0 bridgehead atoms. The van der Waals surface area contributed by atoms with Crippen LogP contribution in [0.15, 0.2) is 24.3 Å². The van der Waals surface area contributed by atoms with Gasteiger partial charge in [0.15, 0.2) is 0 Å². The third kappa shape index (κ3) is 3.42. The van der Waals surface area contributed by atoms with Crippen molar-refractivity contribution in [1.82, 2.24) is 9.97 Å². The predicted molar refractivity (Wildman–Crippen MR) is 79.7 cm³/mol. The molecule has 1 saturated carbocycles. The van der Waals surface area contributed by atoms with Gasteiger partial charge in [0.2, 0.25) is 5.88 Å². The van der Waals surface area contributed by atoms with Gasteiger partial charge in [-0.25, -0.2) is 9.37 Å². The summed E-state index contributed by atoms with van der Waals surface area (Å²) >= 11 is 5.75. The van der Waals surface area contributed by atoms with Crippen molar-refractivity contribution in [1.29, 1.82) is 0 Å². The molecule has 0 amide bonds. The quantitative estimate of drug-likeness (QED) is 0.891. The van der Waals surface area contributed by atoms with Crippen LogP contribution >= 0.6 is 11.6 Å². The summed E-state index contributed by atoms with van der Waals surface area (Å²) in [4.78, 5) is 8.89. The monoisotopic (exact) mass is 307 g/mol. The lowest BCUT2D eigenvalue weighted by molar-refractivity contribution is 0.457. The summed E-state index contributed by atoms with van der Waals surface area (Å²) in [7, 11) is 0. The maximum absolute atomic E-state index is 13.2. The van der Waals surface area contributed by atoms with E-state index < -0.39 is 5.82 Å². The van der Waals surface area contributed by atoms with Crippen molar-refractivity contribution in [3.8, 4) is 11.6 Å². The van der Waals surface area contributed by atoms with Crippen molar-refractivity contribution in [2.24, 2.45) is 0 Å². The van der Waals surface area contributed by atoms with Crippen LogP contribution in [0.5, 0.6) is 11.6 Å². The van der Waals surface area contributed by atoms with Gasteiger partial charge in [-0.3, -0.25) is 0 Å². The van der Waals surface area contributed by atoms with Crippen LogP contribution in [0.3, 0.4) is 0 Å². The lowest BCUT2D eigenvalue weighted by atomic mass is 10.3. The fourth-order valence-electron chi connectivity index (χ4n) is 1.95. The lowest BCUT2D eigenvalue weighted by Gasteiger charge is -2.10. The third-order valence-electron chi connectivity index (χ3n) is 3.13. The molecule has 1 aromatic carbocycles. The second kappa shape index (κ2) is 5.85. The molecule has 21 heavy (non-hydrogen) atoms. The Morgan fingerprint density at radius 2 is 2.14 bits per heavy atom. The molecule has 6 heteroatoms. The first-order valence-electron chi connectivity index (χ1n) is 6.91. The van der Waals surface area contributed by atoms with Gasteiger partial charge in [-0.15, -0.1) is 0 Å². The zero-order chi connectivity index (χ0) is 14.8. The van der Waals surface area contributed by atoms with Gasteiger partial charge in [-0.1, -0.05) is 11.6 Å². The second-order valence-corrected chi connectivity index (χ2v) is 5.34. The Morgan fingerprint density at radius 1 is 1.33 bits per heavy atom. The number of hydrogen-bond donors (Lipinski definition) is 1. The average molecular weight is 308 g/mol. The Labute approximate surface area is 127 Å². The van der Waals surface area contributed by atoms with E-state index in [1.165, 1.54) is 18.2 Å². The average Bonchev–Trinajstić information content (AvgIpc) is 3.28. The van der Waals surface area contributed by atoms with E-state index in [1.54, 1.807) is 6.07 Å². The summed E-state index contributed by atoms with van der Waals surface area (Å²) in [5.41, 5.74) is 0. The minimum Gasteiger partial charge on any atom is -0.439 e. The maximum atomic E-state index is 13.2. The number of nitrogens with one attached hydrogen (secondary N) is 1. The van der Waals surface area contributed by atoms with Crippen molar-refractivity contribution in [2.75, 3.05) is 11.9 Å². The van der Waals surface area contributed by atoms with Gasteiger partial charge in [0, 0.05) is 24.6 Å². The van der Waals surface area contributed by atoms with Crippen molar-refractivity contribution >= 4 is 17.4 Å². The van der Waals surface area contributed by atoms with Crippen LogP contribution in [0.2, 0.25) is 5.02 Å². The van der Waals surface area contributed by atoms with E-state index in [2.05, 4.69) is 15.3 Å². The molecule has 1 heterocycles. The minimum absolute atomic E-state index is 0.0240. The molecule has 1 aromatic heterocycles. The molecule has 0 atom stereocenters. The molecule has 2 aromatic rings. The summed E-state index contributed by atoms with van der Waals surface area (Å²) in [5.74, 6) is 2.35. The highest BCUT2D eigenvalue weighted by atomic mass is 35.5. The van der Waals surface area contributed by atoms with E-state index in [9.17, 15) is 4.39 Å². The number of benzene rings is 1. The molecular formula is C15H15ClFN3O. The van der Waals surface area contributed by atoms with Gasteiger partial charge in [0.1, 0.15) is 23.2 Å². The molecule has 110 valence electrons. The van der Waals surface area contributed by atoms with Crippen LogP contribution in [0.25, 0.3) is 0 Å². The van der Waals surface area contributed by atoms with E-state index in [1.807, 2.05) is 6.92 Å². The van der Waals surface area contributed by atoms with Gasteiger partial charge < -0.3 is 10.1 Å². The van der Waals surface area contributed by atoms with E-state index in [-0.39, 0.29) is 5.02 Å². The van der Waals surface area contributed by atoms with Gasteiger partial charge in [0.05, 0.1) is 5.02 Å². The second-order valence-electron chi connectivity index (χ2n) is 4.93. The Bertz CT molecular complexity index is 661. The molecular weight excluding hydrogens is 293 g/mol. The molecule has 0 spiro atoms. The predicted octanol–water partition coefficient (Wildman–Crippen LogP) is 4.37. The van der Waals surface area contributed by atoms with Crippen molar-refractivity contribution in [3.05, 3.63) is 40.9 Å². The SMILES string of the molecule is CCNc1cc(Oc2ccc(F)c(Cl)c2)nc(C2CC2)n1.